The van der Waals surface area contributed by atoms with Crippen LogP contribution in [-0.4, -0.2) is 40.9 Å². The minimum absolute atomic E-state index is 0.00845. The van der Waals surface area contributed by atoms with E-state index >= 15 is 0 Å². The lowest BCUT2D eigenvalue weighted by atomic mass is 10.1. The van der Waals surface area contributed by atoms with Crippen LogP contribution in [0.3, 0.4) is 0 Å². The molecule has 2 amide bonds. The molecule has 25 heavy (non-hydrogen) atoms. The van der Waals surface area contributed by atoms with Crippen LogP contribution < -0.4 is 10.1 Å². The quantitative estimate of drug-likeness (QED) is 0.923. The molecule has 1 saturated heterocycles. The molecule has 0 spiro atoms. The Kier molecular flexibility index (Phi) is 4.09. The molecule has 1 N–H and O–H groups in total. The Morgan fingerprint density at radius 1 is 1.28 bits per heavy atom. The van der Waals surface area contributed by atoms with E-state index in [-0.39, 0.29) is 17.9 Å². The summed E-state index contributed by atoms with van der Waals surface area (Å²) in [4.78, 5) is 29.8. The number of anilines is 1. The number of pyridine rings is 1. The fraction of sp³-hybridized carbons (Fsp3) is 0.316. The van der Waals surface area contributed by atoms with Crippen molar-refractivity contribution < 1.29 is 14.3 Å². The number of hydrogen-bond donors (Lipinski definition) is 1. The molecule has 6 heteroatoms. The molecule has 0 radical (unpaired) electrons. The summed E-state index contributed by atoms with van der Waals surface area (Å²) in [7, 11) is 0. The number of nitrogens with zero attached hydrogens (tertiary/aromatic N) is 2. The number of ether oxygens (including phenoxy) is 1. The van der Waals surface area contributed by atoms with Crippen LogP contribution in [0, 0.1) is 0 Å². The summed E-state index contributed by atoms with van der Waals surface area (Å²) >= 11 is 0. The number of likely N-dealkylation sites (tertiary alicyclic amines) is 1. The molecule has 2 aliphatic rings. The Morgan fingerprint density at radius 2 is 2.12 bits per heavy atom. The van der Waals surface area contributed by atoms with Crippen molar-refractivity contribution >= 4 is 17.5 Å². The van der Waals surface area contributed by atoms with E-state index < -0.39 is 0 Å². The van der Waals surface area contributed by atoms with Gasteiger partial charge in [0.2, 0.25) is 11.8 Å². The van der Waals surface area contributed by atoms with Crippen molar-refractivity contribution in [3.63, 3.8) is 0 Å². The Labute approximate surface area is 145 Å². The highest BCUT2D eigenvalue weighted by molar-refractivity contribution is 5.99. The largest absolute Gasteiger partial charge is 0.488 e. The monoisotopic (exact) mass is 337 g/mol. The first-order valence-corrected chi connectivity index (χ1v) is 8.43. The molecule has 1 aromatic carbocycles. The predicted molar refractivity (Wildman–Crippen MR) is 92.3 cm³/mol. The average molecular weight is 337 g/mol. The standard InChI is InChI=1S/C19H19N3O3/c23-18-11-14-2-1-13(9-17(14)21-18)10-19(24)22-8-5-16(12-22)25-15-3-6-20-7-4-15/h1-4,6-7,9,16H,5,8,10-12H2,(H,21,23)/t16-/m1/s1. The van der Waals surface area contributed by atoms with Crippen LogP contribution in [0.15, 0.2) is 42.7 Å². The van der Waals surface area contributed by atoms with Gasteiger partial charge in [0.15, 0.2) is 0 Å². The zero-order valence-electron chi connectivity index (χ0n) is 13.8. The summed E-state index contributed by atoms with van der Waals surface area (Å²) in [6, 6.07) is 9.40. The summed E-state index contributed by atoms with van der Waals surface area (Å²) in [5, 5.41) is 2.83. The number of hydrogen-bond acceptors (Lipinski definition) is 4. The van der Waals surface area contributed by atoms with Crippen molar-refractivity contribution in [1.82, 2.24) is 9.88 Å². The Bertz CT molecular complexity index is 807. The Hall–Kier alpha value is -2.89. The van der Waals surface area contributed by atoms with Gasteiger partial charge in [-0.25, -0.2) is 0 Å². The molecule has 128 valence electrons. The number of fused-ring (bicyclic) bond motifs is 1. The topological polar surface area (TPSA) is 71.5 Å². The maximum absolute atomic E-state index is 12.6. The zero-order chi connectivity index (χ0) is 17.2. The van der Waals surface area contributed by atoms with Gasteiger partial charge in [0.05, 0.1) is 19.4 Å². The van der Waals surface area contributed by atoms with Gasteiger partial charge in [0, 0.05) is 31.0 Å². The first kappa shape index (κ1) is 15.6. The van der Waals surface area contributed by atoms with Crippen molar-refractivity contribution in [3.05, 3.63) is 53.9 Å². The van der Waals surface area contributed by atoms with Gasteiger partial charge in [-0.1, -0.05) is 12.1 Å². The first-order chi connectivity index (χ1) is 12.2. The predicted octanol–water partition coefficient (Wildman–Crippen LogP) is 1.80. The highest BCUT2D eigenvalue weighted by Crippen LogP contribution is 2.25. The minimum atomic E-state index is 0.00845. The highest BCUT2D eigenvalue weighted by Gasteiger charge is 2.28. The highest BCUT2D eigenvalue weighted by atomic mass is 16.5. The second kappa shape index (κ2) is 6.55. The number of aromatic nitrogens is 1. The molecule has 0 saturated carbocycles. The van der Waals surface area contributed by atoms with Gasteiger partial charge in [-0.05, 0) is 29.3 Å². The first-order valence-electron chi connectivity index (χ1n) is 8.43. The van der Waals surface area contributed by atoms with E-state index in [0.29, 0.717) is 25.9 Å². The lowest BCUT2D eigenvalue weighted by Gasteiger charge is -2.17. The lowest BCUT2D eigenvalue weighted by molar-refractivity contribution is -0.129. The van der Waals surface area contributed by atoms with Crippen molar-refractivity contribution in [3.8, 4) is 5.75 Å². The molecule has 4 rings (SSSR count). The number of benzene rings is 1. The molecule has 2 aliphatic heterocycles. The van der Waals surface area contributed by atoms with Crippen molar-refractivity contribution in [2.24, 2.45) is 0 Å². The summed E-state index contributed by atoms with van der Waals surface area (Å²) in [5.74, 6) is 0.878. The molecule has 2 aromatic rings. The third-order valence-electron chi connectivity index (χ3n) is 4.60. The van der Waals surface area contributed by atoms with Gasteiger partial charge in [-0.3, -0.25) is 14.6 Å². The third-order valence-corrected chi connectivity index (χ3v) is 4.60. The van der Waals surface area contributed by atoms with E-state index in [1.807, 2.05) is 35.2 Å². The van der Waals surface area contributed by atoms with Crippen LogP contribution in [0.1, 0.15) is 17.5 Å². The number of carbonyl (C=O) groups excluding carboxylic acids is 2. The van der Waals surface area contributed by atoms with Gasteiger partial charge in [-0.2, -0.15) is 0 Å². The van der Waals surface area contributed by atoms with E-state index in [9.17, 15) is 9.59 Å². The van der Waals surface area contributed by atoms with Crippen molar-refractivity contribution in [2.75, 3.05) is 18.4 Å². The Morgan fingerprint density at radius 3 is 2.96 bits per heavy atom. The zero-order valence-corrected chi connectivity index (χ0v) is 13.8. The summed E-state index contributed by atoms with van der Waals surface area (Å²) < 4.78 is 5.90. The van der Waals surface area contributed by atoms with Crippen LogP contribution in [0.4, 0.5) is 5.69 Å². The molecule has 6 nitrogen and oxygen atoms in total. The van der Waals surface area contributed by atoms with Crippen LogP contribution in [0.5, 0.6) is 5.75 Å². The van der Waals surface area contributed by atoms with Gasteiger partial charge in [-0.15, -0.1) is 0 Å². The second-order valence-corrected chi connectivity index (χ2v) is 6.44. The van der Waals surface area contributed by atoms with Crippen molar-refractivity contribution in [1.29, 1.82) is 0 Å². The van der Waals surface area contributed by atoms with E-state index in [4.69, 9.17) is 4.74 Å². The number of rotatable bonds is 4. The molecule has 0 unspecified atom stereocenters. The van der Waals surface area contributed by atoms with Gasteiger partial charge >= 0.3 is 0 Å². The summed E-state index contributed by atoms with van der Waals surface area (Å²) in [6.45, 7) is 1.30. The van der Waals surface area contributed by atoms with Crippen LogP contribution in [-0.2, 0) is 22.4 Å². The molecule has 1 aromatic heterocycles. The number of nitrogens with one attached hydrogen (secondary N) is 1. The van der Waals surface area contributed by atoms with E-state index in [0.717, 1.165) is 29.0 Å². The van der Waals surface area contributed by atoms with Crippen LogP contribution in [0.2, 0.25) is 0 Å². The summed E-state index contributed by atoms with van der Waals surface area (Å²) in [5.41, 5.74) is 2.74. The lowest BCUT2D eigenvalue weighted by Crippen LogP contribution is -2.32. The van der Waals surface area contributed by atoms with E-state index in [1.54, 1.807) is 12.4 Å². The van der Waals surface area contributed by atoms with Gasteiger partial charge in [0.1, 0.15) is 11.9 Å². The van der Waals surface area contributed by atoms with Crippen LogP contribution >= 0.6 is 0 Å². The molecular weight excluding hydrogens is 318 g/mol. The maximum Gasteiger partial charge on any atom is 0.228 e. The van der Waals surface area contributed by atoms with Crippen molar-refractivity contribution in [2.45, 2.75) is 25.4 Å². The smallest absolute Gasteiger partial charge is 0.228 e. The summed E-state index contributed by atoms with van der Waals surface area (Å²) in [6.07, 6.45) is 4.99. The second-order valence-electron chi connectivity index (χ2n) is 6.44. The van der Waals surface area contributed by atoms with E-state index in [1.165, 1.54) is 0 Å². The fourth-order valence-electron chi connectivity index (χ4n) is 3.32. The van der Waals surface area contributed by atoms with Crippen LogP contribution in [0.25, 0.3) is 0 Å². The van der Waals surface area contributed by atoms with Gasteiger partial charge in [0.25, 0.3) is 0 Å². The normalized spacial score (nSPS) is 18.8. The fourth-order valence-corrected chi connectivity index (χ4v) is 3.32. The van der Waals surface area contributed by atoms with Gasteiger partial charge < -0.3 is 15.0 Å². The molecule has 3 heterocycles. The SMILES string of the molecule is O=C1Cc2ccc(CC(=O)N3CC[C@@H](Oc4ccncc4)C3)cc2N1. The molecular formula is C19H19N3O3. The minimum Gasteiger partial charge on any atom is -0.488 e. The number of carbonyl (C=O) groups is 2. The average Bonchev–Trinajstić information content (AvgIpc) is 3.21. The van der Waals surface area contributed by atoms with E-state index in [2.05, 4.69) is 10.3 Å². The maximum atomic E-state index is 12.6. The third kappa shape index (κ3) is 3.47. The molecule has 0 bridgehead atoms. The molecule has 1 atom stereocenters. The number of amides is 2. The molecule has 1 fully saturated rings. The Balaban J connectivity index is 1.35. The molecule has 0 aliphatic carbocycles.